The minimum absolute atomic E-state index is 0.407. The first-order valence-electron chi connectivity index (χ1n) is 8.80. The van der Waals surface area contributed by atoms with Gasteiger partial charge in [-0.25, -0.2) is 4.79 Å². The van der Waals surface area contributed by atoms with Gasteiger partial charge in [0.05, 0.1) is 25.3 Å². The zero-order chi connectivity index (χ0) is 19.9. The number of carbonyl (C=O) groups excluding carboxylic acids is 1. The monoisotopic (exact) mass is 392 g/mol. The van der Waals surface area contributed by atoms with Gasteiger partial charge in [-0.3, -0.25) is 0 Å². The van der Waals surface area contributed by atoms with E-state index in [-0.39, 0.29) is 0 Å². The lowest BCUT2D eigenvalue weighted by atomic mass is 10.0. The van der Waals surface area contributed by atoms with Gasteiger partial charge in [0.1, 0.15) is 5.75 Å². The number of benzene rings is 2. The molecule has 3 rings (SSSR count). The second-order valence-corrected chi connectivity index (χ2v) is 6.94. The molecule has 142 valence electrons. The normalized spacial score (nSPS) is 11.3. The number of anilines is 1. The maximum Gasteiger partial charge on any atom is 0.332 e. The molecule has 0 amide bonds. The van der Waals surface area contributed by atoms with Crippen LogP contribution in [0.3, 0.4) is 0 Å². The third kappa shape index (κ3) is 4.51. The van der Waals surface area contributed by atoms with E-state index >= 15 is 0 Å². The highest BCUT2D eigenvalue weighted by atomic mass is 32.1. The highest BCUT2D eigenvalue weighted by Gasteiger charge is 2.23. The van der Waals surface area contributed by atoms with Crippen LogP contribution in [-0.2, 0) is 9.53 Å². The standard InChI is InChI=1S/C22H20N2O3S/c1-3-27-19-12-16(20-5-4-10-28-20)11-17(13-19)21(22(25)26-2)24-18-8-6-15(14-23)7-9-18/h4-13,21,24H,3H2,1-2H3. The Morgan fingerprint density at radius 3 is 2.61 bits per heavy atom. The SMILES string of the molecule is CCOc1cc(-c2cccs2)cc(C(Nc2ccc(C#N)cc2)C(=O)OC)c1. The molecule has 0 fully saturated rings. The molecular weight excluding hydrogens is 372 g/mol. The van der Waals surface area contributed by atoms with Crippen molar-refractivity contribution in [3.63, 3.8) is 0 Å². The number of methoxy groups -OCH3 is 1. The number of hydrogen-bond donors (Lipinski definition) is 1. The van der Waals surface area contributed by atoms with Crippen molar-refractivity contribution in [3.8, 4) is 22.3 Å². The zero-order valence-electron chi connectivity index (χ0n) is 15.6. The Balaban J connectivity index is 2.01. The van der Waals surface area contributed by atoms with Crippen molar-refractivity contribution >= 4 is 23.0 Å². The van der Waals surface area contributed by atoms with E-state index in [1.165, 1.54) is 7.11 Å². The fraction of sp³-hybridized carbons (Fsp3) is 0.182. The van der Waals surface area contributed by atoms with Crippen LogP contribution >= 0.6 is 11.3 Å². The summed E-state index contributed by atoms with van der Waals surface area (Å²) in [5.74, 6) is 0.286. The van der Waals surface area contributed by atoms with Crippen molar-refractivity contribution in [1.29, 1.82) is 5.26 Å². The van der Waals surface area contributed by atoms with Crippen LogP contribution in [0.25, 0.3) is 10.4 Å². The quantitative estimate of drug-likeness (QED) is 0.572. The third-order valence-corrected chi connectivity index (χ3v) is 5.06. The molecule has 0 aliphatic carbocycles. The van der Waals surface area contributed by atoms with Crippen LogP contribution in [0.1, 0.15) is 24.1 Å². The Hall–Kier alpha value is -3.30. The summed E-state index contributed by atoms with van der Waals surface area (Å²) >= 11 is 1.62. The van der Waals surface area contributed by atoms with E-state index in [4.69, 9.17) is 14.7 Å². The molecular formula is C22H20N2O3S. The topological polar surface area (TPSA) is 71.3 Å². The van der Waals surface area contributed by atoms with Gasteiger partial charge in [0.25, 0.3) is 0 Å². The first kappa shape index (κ1) is 19.5. The lowest BCUT2D eigenvalue weighted by molar-refractivity contribution is -0.141. The molecule has 1 unspecified atom stereocenters. The predicted octanol–water partition coefficient (Wildman–Crippen LogP) is 5.01. The second kappa shape index (κ2) is 9.07. The largest absolute Gasteiger partial charge is 0.494 e. The molecule has 0 aliphatic rings. The number of nitriles is 1. The van der Waals surface area contributed by atoms with Crippen LogP contribution in [0.2, 0.25) is 0 Å². The molecule has 0 spiro atoms. The van der Waals surface area contributed by atoms with Crippen molar-refractivity contribution < 1.29 is 14.3 Å². The van der Waals surface area contributed by atoms with Gasteiger partial charge in [-0.15, -0.1) is 11.3 Å². The number of ether oxygens (including phenoxy) is 2. The fourth-order valence-corrected chi connectivity index (χ4v) is 3.54. The smallest absolute Gasteiger partial charge is 0.332 e. The average molecular weight is 392 g/mol. The average Bonchev–Trinajstić information content (AvgIpc) is 3.27. The van der Waals surface area contributed by atoms with Crippen molar-refractivity contribution in [2.45, 2.75) is 13.0 Å². The van der Waals surface area contributed by atoms with Gasteiger partial charge in [-0.2, -0.15) is 5.26 Å². The Morgan fingerprint density at radius 1 is 1.21 bits per heavy atom. The number of nitrogens with one attached hydrogen (secondary N) is 1. The highest BCUT2D eigenvalue weighted by Crippen LogP contribution is 2.33. The van der Waals surface area contributed by atoms with Crippen molar-refractivity contribution in [2.75, 3.05) is 19.0 Å². The van der Waals surface area contributed by atoms with Crippen LogP contribution in [0.5, 0.6) is 5.75 Å². The predicted molar refractivity (Wildman–Crippen MR) is 110 cm³/mol. The summed E-state index contributed by atoms with van der Waals surface area (Å²) in [4.78, 5) is 13.6. The summed E-state index contributed by atoms with van der Waals surface area (Å²) < 4.78 is 10.7. The molecule has 6 heteroatoms. The Bertz CT molecular complexity index is 976. The summed E-state index contributed by atoms with van der Waals surface area (Å²) in [6.07, 6.45) is 0. The van der Waals surface area contributed by atoms with Gasteiger partial charge in [0, 0.05) is 10.6 Å². The molecule has 0 aliphatic heterocycles. The van der Waals surface area contributed by atoms with E-state index in [1.54, 1.807) is 35.6 Å². The van der Waals surface area contributed by atoms with Crippen LogP contribution < -0.4 is 10.1 Å². The lowest BCUT2D eigenvalue weighted by Gasteiger charge is -2.20. The van der Waals surface area contributed by atoms with Crippen molar-refractivity contribution in [2.24, 2.45) is 0 Å². The molecule has 1 heterocycles. The van der Waals surface area contributed by atoms with Crippen molar-refractivity contribution in [1.82, 2.24) is 0 Å². The maximum absolute atomic E-state index is 12.5. The van der Waals surface area contributed by atoms with Crippen LogP contribution in [-0.4, -0.2) is 19.7 Å². The minimum atomic E-state index is -0.711. The molecule has 3 aromatic rings. The van der Waals surface area contributed by atoms with Gasteiger partial charge in [0.15, 0.2) is 6.04 Å². The zero-order valence-corrected chi connectivity index (χ0v) is 16.5. The third-order valence-electron chi connectivity index (χ3n) is 4.14. The van der Waals surface area contributed by atoms with Gasteiger partial charge in [-0.1, -0.05) is 6.07 Å². The number of rotatable bonds is 7. The number of nitrogens with zero attached hydrogens (tertiary/aromatic N) is 1. The molecule has 28 heavy (non-hydrogen) atoms. The summed E-state index contributed by atoms with van der Waals surface area (Å²) in [6.45, 7) is 2.45. The molecule has 5 nitrogen and oxygen atoms in total. The van der Waals surface area contributed by atoms with Crippen LogP contribution in [0, 0.1) is 11.3 Å². The number of carbonyl (C=O) groups is 1. The first-order valence-corrected chi connectivity index (χ1v) is 9.68. The maximum atomic E-state index is 12.5. The van der Waals surface area contributed by atoms with E-state index in [2.05, 4.69) is 11.4 Å². The summed E-state index contributed by atoms with van der Waals surface area (Å²) in [6, 6.07) is 18.1. The van der Waals surface area contributed by atoms with E-state index < -0.39 is 12.0 Å². The van der Waals surface area contributed by atoms with Gasteiger partial charge in [-0.05, 0) is 72.0 Å². The summed E-state index contributed by atoms with van der Waals surface area (Å²) in [5, 5.41) is 14.2. The van der Waals surface area contributed by atoms with E-state index in [9.17, 15) is 4.79 Å². The van der Waals surface area contributed by atoms with Gasteiger partial charge < -0.3 is 14.8 Å². The number of hydrogen-bond acceptors (Lipinski definition) is 6. The second-order valence-electron chi connectivity index (χ2n) is 5.99. The minimum Gasteiger partial charge on any atom is -0.494 e. The molecule has 0 saturated heterocycles. The Kier molecular flexibility index (Phi) is 6.30. The van der Waals surface area contributed by atoms with Crippen LogP contribution in [0.15, 0.2) is 60.0 Å². The van der Waals surface area contributed by atoms with Crippen LogP contribution in [0.4, 0.5) is 5.69 Å². The summed E-state index contributed by atoms with van der Waals surface area (Å²) in [5.41, 5.74) is 2.99. The highest BCUT2D eigenvalue weighted by molar-refractivity contribution is 7.13. The van der Waals surface area contributed by atoms with E-state index in [0.29, 0.717) is 23.6 Å². The van der Waals surface area contributed by atoms with Crippen molar-refractivity contribution in [3.05, 3.63) is 71.1 Å². The number of esters is 1. The molecule has 2 aromatic carbocycles. The molecule has 1 atom stereocenters. The first-order chi connectivity index (χ1) is 13.6. The fourth-order valence-electron chi connectivity index (χ4n) is 2.83. The van der Waals surface area contributed by atoms with E-state index in [1.807, 2.05) is 42.6 Å². The lowest BCUT2D eigenvalue weighted by Crippen LogP contribution is -2.22. The van der Waals surface area contributed by atoms with E-state index in [0.717, 1.165) is 16.0 Å². The Labute approximate surface area is 168 Å². The summed E-state index contributed by atoms with van der Waals surface area (Å²) in [7, 11) is 1.36. The molecule has 1 N–H and O–H groups in total. The molecule has 1 aromatic heterocycles. The Morgan fingerprint density at radius 2 is 2.00 bits per heavy atom. The molecule has 0 bridgehead atoms. The number of thiophene rings is 1. The van der Waals surface area contributed by atoms with Gasteiger partial charge >= 0.3 is 5.97 Å². The molecule has 0 saturated carbocycles. The molecule has 0 radical (unpaired) electrons. The van der Waals surface area contributed by atoms with Gasteiger partial charge in [0.2, 0.25) is 0 Å².